The van der Waals surface area contributed by atoms with Gasteiger partial charge in [0.2, 0.25) is 0 Å². The number of hydrogen-bond donors (Lipinski definition) is 0. The molecule has 0 aromatic heterocycles. The lowest BCUT2D eigenvalue weighted by Gasteiger charge is -2.20. The molecule has 0 fully saturated rings. The van der Waals surface area contributed by atoms with E-state index in [4.69, 9.17) is 4.74 Å². The molecule has 0 saturated carbocycles. The SMILES string of the molecule is CC(C)(C)OC(=O)c1ccccc1C(=O)OCC(F)(F)C(=O)[O-]. The fraction of sp³-hybridized carbons (Fsp3) is 0.400. The number of carboxylic acid groups (broad SMARTS) is 1. The summed E-state index contributed by atoms with van der Waals surface area (Å²) in [5, 5.41) is 10.2. The number of alkyl halides is 2. The molecular formula is C15H15F2O6-. The van der Waals surface area contributed by atoms with Crippen LogP contribution in [0, 0.1) is 0 Å². The molecule has 1 rings (SSSR count). The first kappa shape index (κ1) is 18.5. The number of carbonyl (C=O) groups is 3. The van der Waals surface area contributed by atoms with Gasteiger partial charge in [0.25, 0.3) is 0 Å². The molecule has 0 bridgehead atoms. The molecule has 0 saturated heterocycles. The number of hydrogen-bond acceptors (Lipinski definition) is 6. The summed E-state index contributed by atoms with van der Waals surface area (Å²) in [6, 6.07) is 5.29. The third-order valence-electron chi connectivity index (χ3n) is 2.45. The number of rotatable bonds is 5. The third kappa shape index (κ3) is 5.32. The highest BCUT2D eigenvalue weighted by molar-refractivity contribution is 6.03. The second-order valence-electron chi connectivity index (χ2n) is 5.62. The van der Waals surface area contributed by atoms with E-state index in [1.165, 1.54) is 24.3 Å². The smallest absolute Gasteiger partial charge is 0.339 e. The van der Waals surface area contributed by atoms with Crippen molar-refractivity contribution in [1.29, 1.82) is 0 Å². The predicted octanol–water partition coefficient (Wildman–Crippen LogP) is 1.18. The molecule has 0 amide bonds. The summed E-state index contributed by atoms with van der Waals surface area (Å²) in [5.74, 6) is -9.09. The van der Waals surface area contributed by atoms with Crippen molar-refractivity contribution >= 4 is 17.9 Å². The van der Waals surface area contributed by atoms with Crippen LogP contribution < -0.4 is 5.11 Å². The molecule has 1 aromatic rings. The quantitative estimate of drug-likeness (QED) is 0.753. The molecule has 0 unspecified atom stereocenters. The Bertz CT molecular complexity index is 619. The van der Waals surface area contributed by atoms with Crippen molar-refractivity contribution in [2.75, 3.05) is 6.61 Å². The summed E-state index contributed by atoms with van der Waals surface area (Å²) >= 11 is 0. The van der Waals surface area contributed by atoms with Crippen molar-refractivity contribution in [3.8, 4) is 0 Å². The van der Waals surface area contributed by atoms with Gasteiger partial charge in [-0.1, -0.05) is 12.1 Å². The number of ether oxygens (including phenoxy) is 2. The predicted molar refractivity (Wildman–Crippen MR) is 71.8 cm³/mol. The standard InChI is InChI=1S/C15H16F2O6/c1-14(2,3)23-12(19)10-7-5-4-6-9(10)11(18)22-8-15(16,17)13(20)21/h4-7H,8H2,1-3H3,(H,20,21)/p-1. The van der Waals surface area contributed by atoms with E-state index in [0.29, 0.717) is 0 Å². The highest BCUT2D eigenvalue weighted by Gasteiger charge is 2.33. The molecule has 126 valence electrons. The maximum atomic E-state index is 12.9. The van der Waals surface area contributed by atoms with E-state index < -0.39 is 36.0 Å². The van der Waals surface area contributed by atoms with Crippen LogP contribution in [0.15, 0.2) is 24.3 Å². The minimum Gasteiger partial charge on any atom is -0.544 e. The fourth-order valence-corrected chi connectivity index (χ4v) is 1.47. The molecule has 0 radical (unpaired) electrons. The van der Waals surface area contributed by atoms with Crippen molar-refractivity contribution in [2.45, 2.75) is 32.3 Å². The normalized spacial score (nSPS) is 11.7. The van der Waals surface area contributed by atoms with Gasteiger partial charge in [0.15, 0.2) is 6.61 Å². The number of benzene rings is 1. The van der Waals surface area contributed by atoms with E-state index in [9.17, 15) is 28.3 Å². The minimum atomic E-state index is -4.32. The van der Waals surface area contributed by atoms with Crippen LogP contribution in [0.5, 0.6) is 0 Å². The molecule has 0 atom stereocenters. The van der Waals surface area contributed by atoms with E-state index in [2.05, 4.69) is 4.74 Å². The van der Waals surface area contributed by atoms with E-state index in [1.54, 1.807) is 20.8 Å². The Balaban J connectivity index is 2.94. The van der Waals surface area contributed by atoms with Crippen LogP contribution in [-0.4, -0.2) is 36.0 Å². The van der Waals surface area contributed by atoms with Crippen LogP contribution >= 0.6 is 0 Å². The molecule has 6 nitrogen and oxygen atoms in total. The van der Waals surface area contributed by atoms with Crippen molar-refractivity contribution in [1.82, 2.24) is 0 Å². The Morgan fingerprint density at radius 1 is 1.04 bits per heavy atom. The Morgan fingerprint density at radius 3 is 1.96 bits per heavy atom. The fourth-order valence-electron chi connectivity index (χ4n) is 1.47. The largest absolute Gasteiger partial charge is 0.544 e. The van der Waals surface area contributed by atoms with Gasteiger partial charge in [-0.2, -0.15) is 8.78 Å². The molecule has 0 N–H and O–H groups in total. The Morgan fingerprint density at radius 2 is 1.52 bits per heavy atom. The number of carbonyl (C=O) groups excluding carboxylic acids is 3. The summed E-state index contributed by atoms with van der Waals surface area (Å²) < 4.78 is 35.1. The monoisotopic (exact) mass is 329 g/mol. The van der Waals surface area contributed by atoms with Crippen molar-refractivity contribution < 1.29 is 37.7 Å². The van der Waals surface area contributed by atoms with Crippen LogP contribution in [0.25, 0.3) is 0 Å². The summed E-state index contributed by atoms with van der Waals surface area (Å²) in [6.45, 7) is 3.15. The lowest BCUT2D eigenvalue weighted by molar-refractivity contribution is -0.331. The Kier molecular flexibility index (Phi) is 5.42. The summed E-state index contributed by atoms with van der Waals surface area (Å²) in [7, 11) is 0. The first-order valence-corrected chi connectivity index (χ1v) is 6.53. The maximum absolute atomic E-state index is 12.9. The molecule has 0 aliphatic carbocycles. The summed E-state index contributed by atoms with van der Waals surface area (Å²) in [5.41, 5.74) is -1.31. The van der Waals surface area contributed by atoms with Gasteiger partial charge in [0, 0.05) is 0 Å². The van der Waals surface area contributed by atoms with Gasteiger partial charge in [-0.05, 0) is 32.9 Å². The van der Waals surface area contributed by atoms with Crippen molar-refractivity contribution in [3.63, 3.8) is 0 Å². The summed E-state index contributed by atoms with van der Waals surface area (Å²) in [6.07, 6.45) is 0. The van der Waals surface area contributed by atoms with Crippen LogP contribution in [0.2, 0.25) is 0 Å². The van der Waals surface area contributed by atoms with Crippen LogP contribution in [-0.2, 0) is 14.3 Å². The minimum absolute atomic E-state index is 0.177. The van der Waals surface area contributed by atoms with Gasteiger partial charge < -0.3 is 19.4 Å². The highest BCUT2D eigenvalue weighted by atomic mass is 19.3. The Labute approximate surface area is 131 Å². The van der Waals surface area contributed by atoms with E-state index in [1.807, 2.05) is 0 Å². The van der Waals surface area contributed by atoms with Gasteiger partial charge in [0.05, 0.1) is 11.1 Å². The van der Waals surface area contributed by atoms with Crippen LogP contribution in [0.3, 0.4) is 0 Å². The average molecular weight is 329 g/mol. The first-order chi connectivity index (χ1) is 10.4. The second-order valence-corrected chi connectivity index (χ2v) is 5.62. The molecule has 0 aliphatic rings. The molecule has 23 heavy (non-hydrogen) atoms. The molecular weight excluding hydrogens is 314 g/mol. The van der Waals surface area contributed by atoms with Crippen molar-refractivity contribution in [3.05, 3.63) is 35.4 Å². The molecule has 8 heteroatoms. The Hall–Kier alpha value is -2.51. The number of carboxylic acids is 1. The highest BCUT2D eigenvalue weighted by Crippen LogP contribution is 2.18. The number of aliphatic carboxylic acids is 1. The molecule has 0 aliphatic heterocycles. The number of esters is 2. The first-order valence-electron chi connectivity index (χ1n) is 6.53. The lowest BCUT2D eigenvalue weighted by atomic mass is 10.1. The van der Waals surface area contributed by atoms with E-state index in [0.717, 1.165) is 0 Å². The van der Waals surface area contributed by atoms with Crippen LogP contribution in [0.4, 0.5) is 8.78 Å². The lowest BCUT2D eigenvalue weighted by Crippen LogP contribution is -2.45. The molecule has 0 heterocycles. The molecule has 1 aromatic carbocycles. The molecule has 0 spiro atoms. The summed E-state index contributed by atoms with van der Waals surface area (Å²) in [4.78, 5) is 34.0. The third-order valence-corrected chi connectivity index (χ3v) is 2.45. The zero-order chi connectivity index (χ0) is 17.8. The van der Waals surface area contributed by atoms with Gasteiger partial charge >= 0.3 is 17.9 Å². The van der Waals surface area contributed by atoms with Crippen LogP contribution in [0.1, 0.15) is 41.5 Å². The number of halogens is 2. The average Bonchev–Trinajstić information content (AvgIpc) is 2.42. The maximum Gasteiger partial charge on any atom is 0.339 e. The van der Waals surface area contributed by atoms with Gasteiger partial charge in [-0.3, -0.25) is 0 Å². The van der Waals surface area contributed by atoms with E-state index in [-0.39, 0.29) is 11.1 Å². The zero-order valence-electron chi connectivity index (χ0n) is 12.7. The second kappa shape index (κ2) is 6.72. The van der Waals surface area contributed by atoms with Crippen molar-refractivity contribution in [2.24, 2.45) is 0 Å². The van der Waals surface area contributed by atoms with E-state index >= 15 is 0 Å². The topological polar surface area (TPSA) is 92.7 Å². The van der Waals surface area contributed by atoms with Gasteiger partial charge in [-0.15, -0.1) is 0 Å². The zero-order valence-corrected chi connectivity index (χ0v) is 12.7. The van der Waals surface area contributed by atoms with Gasteiger partial charge in [-0.25, -0.2) is 9.59 Å². The van der Waals surface area contributed by atoms with Gasteiger partial charge in [0.1, 0.15) is 11.6 Å².